The molecule has 0 atom stereocenters. The molecule has 0 unspecified atom stereocenters. The topological polar surface area (TPSA) is 51.2 Å². The summed E-state index contributed by atoms with van der Waals surface area (Å²) in [6.07, 6.45) is 0. The third-order valence-corrected chi connectivity index (χ3v) is 13.7. The molecule has 2 aliphatic rings. The molecule has 6 heteroatoms. The van der Waals surface area contributed by atoms with Gasteiger partial charge in [0.1, 0.15) is 22.3 Å². The Bertz CT molecular complexity index is 3540. The van der Waals surface area contributed by atoms with Crippen LogP contribution < -0.4 is 19.3 Å². The van der Waals surface area contributed by atoms with Gasteiger partial charge in [-0.25, -0.2) is 0 Å². The number of benzene rings is 9. The Morgan fingerprint density at radius 2 is 0.662 bits per heavy atom. The number of furan rings is 2. The Hall–Kier alpha value is -8.22. The predicted octanol–water partition coefficient (Wildman–Crippen LogP) is 18.6. The van der Waals surface area contributed by atoms with Crippen molar-refractivity contribution in [2.75, 3.05) is 9.80 Å². The van der Waals surface area contributed by atoms with E-state index in [2.05, 4.69) is 221 Å². The zero-order chi connectivity index (χ0) is 46.1. The summed E-state index contributed by atoms with van der Waals surface area (Å²) >= 11 is 0. The van der Waals surface area contributed by atoms with E-state index in [4.69, 9.17) is 18.3 Å². The minimum absolute atomic E-state index is 0.0229. The molecule has 0 bridgehead atoms. The molecule has 4 heterocycles. The van der Waals surface area contributed by atoms with E-state index in [0.29, 0.717) is 0 Å². The number of anilines is 6. The van der Waals surface area contributed by atoms with Crippen LogP contribution in [0.15, 0.2) is 191 Å². The van der Waals surface area contributed by atoms with Crippen molar-refractivity contribution in [2.45, 2.75) is 52.4 Å². The monoisotopic (exact) mass is 884 g/mol. The minimum Gasteiger partial charge on any atom is -0.456 e. The van der Waals surface area contributed by atoms with Crippen LogP contribution >= 0.6 is 0 Å². The van der Waals surface area contributed by atoms with Gasteiger partial charge < -0.3 is 28.1 Å². The SMILES string of the molecule is CC(C)(C)c1ccc(N2c3cc(-c4ccccc4)ccc3Oc3cc4c(cc32)oc2cc3c(cc24)oc2cc4c(cc23)Oc2ccc(-c3ccccc3)cc2N4c2ccc(C(C)(C)C)cc2)cc1. The van der Waals surface area contributed by atoms with Crippen LogP contribution in [0.3, 0.4) is 0 Å². The van der Waals surface area contributed by atoms with Gasteiger partial charge in [0.2, 0.25) is 0 Å². The van der Waals surface area contributed by atoms with Crippen LogP contribution in [0.5, 0.6) is 23.0 Å². The molecule has 11 aromatic rings. The van der Waals surface area contributed by atoms with Crippen LogP contribution in [-0.4, -0.2) is 0 Å². The van der Waals surface area contributed by atoms with Gasteiger partial charge in [0.15, 0.2) is 23.0 Å². The minimum atomic E-state index is 0.0229. The van der Waals surface area contributed by atoms with Crippen molar-refractivity contribution in [3.63, 3.8) is 0 Å². The smallest absolute Gasteiger partial charge is 0.152 e. The van der Waals surface area contributed by atoms with Gasteiger partial charge in [-0.15, -0.1) is 0 Å². The summed E-state index contributed by atoms with van der Waals surface area (Å²) in [5.41, 5.74) is 16.0. The van der Waals surface area contributed by atoms with E-state index in [1.165, 1.54) is 11.1 Å². The van der Waals surface area contributed by atoms with Gasteiger partial charge in [-0.1, -0.05) is 139 Å². The fourth-order valence-corrected chi connectivity index (χ4v) is 10.0. The molecule has 0 aliphatic carbocycles. The zero-order valence-corrected chi connectivity index (χ0v) is 38.8. The van der Waals surface area contributed by atoms with Crippen molar-refractivity contribution in [3.05, 3.63) is 193 Å². The van der Waals surface area contributed by atoms with E-state index in [-0.39, 0.29) is 10.8 Å². The van der Waals surface area contributed by atoms with Gasteiger partial charge in [-0.05, 0) is 117 Å². The van der Waals surface area contributed by atoms with E-state index in [0.717, 1.165) is 123 Å². The first kappa shape index (κ1) is 40.1. The molecule has 6 nitrogen and oxygen atoms in total. The highest BCUT2D eigenvalue weighted by Gasteiger charge is 2.31. The molecule has 0 amide bonds. The normalized spacial score (nSPS) is 13.3. The molecular weight excluding hydrogens is 837 g/mol. The molecule has 2 aliphatic heterocycles. The summed E-state index contributed by atoms with van der Waals surface area (Å²) < 4.78 is 27.3. The van der Waals surface area contributed by atoms with E-state index < -0.39 is 0 Å². The highest BCUT2D eigenvalue weighted by atomic mass is 16.5. The molecule has 2 aromatic heterocycles. The van der Waals surface area contributed by atoms with E-state index in [9.17, 15) is 0 Å². The first-order valence-electron chi connectivity index (χ1n) is 23.4. The molecular formula is C62H48N2O4. The van der Waals surface area contributed by atoms with Crippen molar-refractivity contribution < 1.29 is 18.3 Å². The molecule has 330 valence electrons. The third-order valence-electron chi connectivity index (χ3n) is 13.7. The number of hydrogen-bond donors (Lipinski definition) is 0. The van der Waals surface area contributed by atoms with Crippen molar-refractivity contribution in [1.29, 1.82) is 0 Å². The lowest BCUT2D eigenvalue weighted by molar-refractivity contribution is 0.477. The Balaban J connectivity index is 0.943. The quantitative estimate of drug-likeness (QED) is 0.175. The van der Waals surface area contributed by atoms with Crippen LogP contribution in [0.1, 0.15) is 52.7 Å². The molecule has 13 rings (SSSR count). The fraction of sp³-hybridized carbons (Fsp3) is 0.129. The molecule has 0 spiro atoms. The molecule has 0 saturated heterocycles. The Kier molecular flexibility index (Phi) is 8.63. The van der Waals surface area contributed by atoms with Crippen LogP contribution in [-0.2, 0) is 10.8 Å². The van der Waals surface area contributed by atoms with Gasteiger partial charge >= 0.3 is 0 Å². The number of rotatable bonds is 4. The number of fused-ring (bicyclic) bond motifs is 10. The van der Waals surface area contributed by atoms with E-state index in [1.807, 2.05) is 12.1 Å². The molecule has 68 heavy (non-hydrogen) atoms. The summed E-state index contributed by atoms with van der Waals surface area (Å²) in [5.74, 6) is 3.07. The second kappa shape index (κ2) is 14.6. The summed E-state index contributed by atoms with van der Waals surface area (Å²) in [6.45, 7) is 13.5. The van der Waals surface area contributed by atoms with Crippen LogP contribution in [0.2, 0.25) is 0 Å². The second-order valence-electron chi connectivity index (χ2n) is 20.2. The lowest BCUT2D eigenvalue weighted by atomic mass is 9.87. The van der Waals surface area contributed by atoms with Crippen molar-refractivity contribution in [3.8, 4) is 45.3 Å². The Morgan fingerprint density at radius 3 is 1.04 bits per heavy atom. The van der Waals surface area contributed by atoms with Crippen LogP contribution in [0, 0.1) is 0 Å². The van der Waals surface area contributed by atoms with Crippen molar-refractivity contribution in [1.82, 2.24) is 0 Å². The summed E-state index contributed by atoms with van der Waals surface area (Å²) in [4.78, 5) is 4.59. The highest BCUT2D eigenvalue weighted by Crippen LogP contribution is 2.56. The molecule has 0 N–H and O–H groups in total. The summed E-state index contributed by atoms with van der Waals surface area (Å²) in [7, 11) is 0. The summed E-state index contributed by atoms with van der Waals surface area (Å²) in [6, 6.07) is 64.3. The fourth-order valence-electron chi connectivity index (χ4n) is 10.0. The zero-order valence-electron chi connectivity index (χ0n) is 38.8. The van der Waals surface area contributed by atoms with Gasteiger partial charge in [0.05, 0.1) is 22.7 Å². The largest absolute Gasteiger partial charge is 0.456 e. The van der Waals surface area contributed by atoms with Crippen LogP contribution in [0.4, 0.5) is 34.1 Å². The maximum absolute atomic E-state index is 6.83. The number of ether oxygens (including phenoxy) is 2. The average Bonchev–Trinajstić information content (AvgIpc) is 3.88. The summed E-state index contributed by atoms with van der Waals surface area (Å²) in [5, 5.41) is 3.80. The predicted molar refractivity (Wildman–Crippen MR) is 279 cm³/mol. The first-order valence-corrected chi connectivity index (χ1v) is 23.4. The van der Waals surface area contributed by atoms with Crippen molar-refractivity contribution >= 4 is 78.0 Å². The van der Waals surface area contributed by atoms with Gasteiger partial charge in [-0.3, -0.25) is 0 Å². The van der Waals surface area contributed by atoms with Crippen LogP contribution in [0.25, 0.3) is 66.1 Å². The maximum atomic E-state index is 6.83. The third kappa shape index (κ3) is 6.46. The lowest BCUT2D eigenvalue weighted by Crippen LogP contribution is -2.17. The standard InChI is InChI=1S/C62H48N2O4/c1-61(2,3)41-19-23-43(24-20-41)63-49-29-39(37-13-9-7-10-14-37)17-27-53(49)65-59-33-47-45-31-56-46(32-55(45)67-57(47)35-51(59)63)48-34-60-52(36-58(48)68-56)64(44-25-21-42(22-26-44)62(4,5)6)50-30-40(18-28-54(50)66-60)38-15-11-8-12-16-38/h7-36H,1-6H3. The molecule has 0 fully saturated rings. The second-order valence-corrected chi connectivity index (χ2v) is 20.2. The maximum Gasteiger partial charge on any atom is 0.152 e. The molecule has 9 aromatic carbocycles. The first-order chi connectivity index (χ1) is 32.9. The molecule has 0 saturated carbocycles. The number of nitrogens with zero attached hydrogens (tertiary/aromatic N) is 2. The van der Waals surface area contributed by atoms with E-state index in [1.54, 1.807) is 0 Å². The lowest BCUT2D eigenvalue weighted by Gasteiger charge is -2.33. The highest BCUT2D eigenvalue weighted by molar-refractivity contribution is 6.16. The van der Waals surface area contributed by atoms with Crippen molar-refractivity contribution in [2.24, 2.45) is 0 Å². The Labute approximate surface area is 395 Å². The Morgan fingerprint density at radius 1 is 0.309 bits per heavy atom. The van der Waals surface area contributed by atoms with Gasteiger partial charge in [0, 0.05) is 45.1 Å². The number of hydrogen-bond acceptors (Lipinski definition) is 6. The van der Waals surface area contributed by atoms with Gasteiger partial charge in [-0.2, -0.15) is 0 Å². The van der Waals surface area contributed by atoms with Gasteiger partial charge in [0.25, 0.3) is 0 Å². The average molecular weight is 885 g/mol. The molecule has 0 radical (unpaired) electrons. The van der Waals surface area contributed by atoms with E-state index >= 15 is 0 Å².